The van der Waals surface area contributed by atoms with Crippen LogP contribution in [0.4, 0.5) is 5.69 Å². The van der Waals surface area contributed by atoms with Crippen LogP contribution in [0.2, 0.25) is 0 Å². The Kier molecular flexibility index (Phi) is 3.91. The van der Waals surface area contributed by atoms with E-state index in [-0.39, 0.29) is 0 Å². The summed E-state index contributed by atoms with van der Waals surface area (Å²) in [5, 5.41) is 11.1. The largest absolute Gasteiger partial charge is 0.480 e. The molecule has 0 unspecified atom stereocenters. The van der Waals surface area contributed by atoms with Crippen molar-refractivity contribution >= 4 is 27.6 Å². The van der Waals surface area contributed by atoms with Crippen LogP contribution in [-0.2, 0) is 21.2 Å². The number of amides is 1. The predicted octanol–water partition coefficient (Wildman–Crippen LogP) is 0.212. The Morgan fingerprint density at radius 2 is 2.05 bits per heavy atom. The van der Waals surface area contributed by atoms with E-state index in [4.69, 9.17) is 5.11 Å². The lowest BCUT2D eigenvalue weighted by Gasteiger charge is -2.16. The molecule has 114 valence electrons. The lowest BCUT2D eigenvalue weighted by atomic mass is 10.1. The van der Waals surface area contributed by atoms with Crippen molar-refractivity contribution in [3.05, 3.63) is 29.3 Å². The number of anilines is 1. The molecule has 7 nitrogen and oxygen atoms in total. The summed E-state index contributed by atoms with van der Waals surface area (Å²) < 4.78 is 24.5. The van der Waals surface area contributed by atoms with Gasteiger partial charge in [-0.05, 0) is 37.1 Å². The molecular formula is C13H16N2O5S. The number of carbonyl (C=O) groups excluding carboxylic acids is 1. The Bertz CT molecular complexity index is 699. The molecule has 1 atom stereocenters. The molecule has 0 saturated heterocycles. The van der Waals surface area contributed by atoms with Crippen LogP contribution in [0.5, 0.6) is 0 Å². The number of rotatable bonds is 4. The van der Waals surface area contributed by atoms with Gasteiger partial charge in [0.2, 0.25) is 10.0 Å². The summed E-state index contributed by atoms with van der Waals surface area (Å²) in [6.45, 7) is 1.73. The summed E-state index contributed by atoms with van der Waals surface area (Å²) in [6.07, 6.45) is 1.66. The van der Waals surface area contributed by atoms with Crippen LogP contribution in [-0.4, -0.2) is 44.2 Å². The molecule has 21 heavy (non-hydrogen) atoms. The van der Waals surface area contributed by atoms with Crippen LogP contribution in [0.25, 0.3) is 0 Å². The number of hydrogen-bond acceptors (Lipinski definition) is 4. The molecular weight excluding hydrogens is 296 g/mol. The van der Waals surface area contributed by atoms with Crippen LogP contribution >= 0.6 is 0 Å². The number of fused-ring (bicyclic) bond motifs is 1. The molecule has 1 heterocycles. The van der Waals surface area contributed by atoms with Crippen molar-refractivity contribution in [1.29, 1.82) is 0 Å². The van der Waals surface area contributed by atoms with Gasteiger partial charge in [-0.3, -0.25) is 13.9 Å². The minimum atomic E-state index is -3.32. The van der Waals surface area contributed by atoms with Gasteiger partial charge >= 0.3 is 5.97 Å². The lowest BCUT2D eigenvalue weighted by molar-refractivity contribution is -0.138. The highest BCUT2D eigenvalue weighted by atomic mass is 32.2. The highest BCUT2D eigenvalue weighted by Gasteiger charge is 2.27. The first-order valence-corrected chi connectivity index (χ1v) is 8.19. The molecule has 1 aromatic carbocycles. The van der Waals surface area contributed by atoms with Gasteiger partial charge in [-0.1, -0.05) is 0 Å². The average Bonchev–Trinajstić information content (AvgIpc) is 2.80. The molecule has 8 heteroatoms. The van der Waals surface area contributed by atoms with E-state index in [0.29, 0.717) is 24.2 Å². The number of carbonyl (C=O) groups is 2. The third-order valence-electron chi connectivity index (χ3n) is 3.31. The van der Waals surface area contributed by atoms with Gasteiger partial charge in [-0.2, -0.15) is 0 Å². The van der Waals surface area contributed by atoms with Crippen molar-refractivity contribution in [2.75, 3.05) is 17.1 Å². The first kappa shape index (κ1) is 15.3. The van der Waals surface area contributed by atoms with E-state index >= 15 is 0 Å². The molecule has 0 bridgehead atoms. The predicted molar refractivity (Wildman–Crippen MR) is 76.9 cm³/mol. The number of nitrogens with one attached hydrogen (secondary N) is 1. The SMILES string of the molecule is C[C@@H](NC(=O)c1ccc2c(c1)CCN2S(C)(=O)=O)C(=O)O. The summed E-state index contributed by atoms with van der Waals surface area (Å²) in [7, 11) is -3.32. The second kappa shape index (κ2) is 5.36. The van der Waals surface area contributed by atoms with Crippen molar-refractivity contribution in [2.24, 2.45) is 0 Å². The van der Waals surface area contributed by atoms with Gasteiger partial charge in [0.15, 0.2) is 0 Å². The first-order chi connectivity index (χ1) is 9.70. The van der Waals surface area contributed by atoms with E-state index in [1.54, 1.807) is 12.1 Å². The van der Waals surface area contributed by atoms with Crippen molar-refractivity contribution < 1.29 is 23.1 Å². The third kappa shape index (κ3) is 3.15. The molecule has 2 N–H and O–H groups in total. The van der Waals surface area contributed by atoms with Crippen molar-refractivity contribution in [2.45, 2.75) is 19.4 Å². The van der Waals surface area contributed by atoms with Crippen LogP contribution in [0, 0.1) is 0 Å². The topological polar surface area (TPSA) is 104 Å². The molecule has 0 spiro atoms. The number of aliphatic carboxylic acids is 1. The fraction of sp³-hybridized carbons (Fsp3) is 0.385. The molecule has 0 saturated carbocycles. The molecule has 1 aromatic rings. The van der Waals surface area contributed by atoms with Gasteiger partial charge in [0, 0.05) is 12.1 Å². The molecule has 0 radical (unpaired) electrons. The van der Waals surface area contributed by atoms with Gasteiger partial charge in [-0.25, -0.2) is 8.42 Å². The zero-order valence-electron chi connectivity index (χ0n) is 11.7. The Morgan fingerprint density at radius 1 is 1.38 bits per heavy atom. The Labute approximate surface area is 122 Å². The quantitative estimate of drug-likeness (QED) is 0.827. The van der Waals surface area contributed by atoms with Crippen molar-refractivity contribution in [1.82, 2.24) is 5.32 Å². The smallest absolute Gasteiger partial charge is 0.325 e. The summed E-state index contributed by atoms with van der Waals surface area (Å²) in [5.41, 5.74) is 1.65. The minimum Gasteiger partial charge on any atom is -0.480 e. The van der Waals surface area contributed by atoms with Gasteiger partial charge in [-0.15, -0.1) is 0 Å². The van der Waals surface area contributed by atoms with E-state index < -0.39 is 27.9 Å². The van der Waals surface area contributed by atoms with Crippen LogP contribution in [0.3, 0.4) is 0 Å². The number of benzene rings is 1. The second-order valence-corrected chi connectivity index (χ2v) is 6.87. The molecule has 0 aromatic heterocycles. The molecule has 1 aliphatic heterocycles. The average molecular weight is 312 g/mol. The van der Waals surface area contributed by atoms with E-state index in [2.05, 4.69) is 5.32 Å². The van der Waals surface area contributed by atoms with E-state index in [1.165, 1.54) is 17.3 Å². The summed E-state index contributed by atoms with van der Waals surface area (Å²) in [6, 6.07) is 3.68. The Balaban J connectivity index is 2.24. The van der Waals surface area contributed by atoms with Crippen LogP contribution in [0.1, 0.15) is 22.8 Å². The summed E-state index contributed by atoms with van der Waals surface area (Å²) in [5.74, 6) is -1.61. The molecule has 0 fully saturated rings. The Morgan fingerprint density at radius 3 is 2.62 bits per heavy atom. The van der Waals surface area contributed by atoms with Gasteiger partial charge in [0.05, 0.1) is 11.9 Å². The molecule has 1 amide bonds. The van der Waals surface area contributed by atoms with Gasteiger partial charge in [0.1, 0.15) is 6.04 Å². The van der Waals surface area contributed by atoms with E-state index in [0.717, 1.165) is 11.8 Å². The maximum absolute atomic E-state index is 11.9. The maximum Gasteiger partial charge on any atom is 0.325 e. The molecule has 1 aliphatic rings. The van der Waals surface area contributed by atoms with Crippen molar-refractivity contribution in [3.63, 3.8) is 0 Å². The normalized spacial score (nSPS) is 15.4. The van der Waals surface area contributed by atoms with E-state index in [1.807, 2.05) is 0 Å². The fourth-order valence-corrected chi connectivity index (χ4v) is 3.16. The lowest BCUT2D eigenvalue weighted by Crippen LogP contribution is -2.38. The minimum absolute atomic E-state index is 0.317. The highest BCUT2D eigenvalue weighted by Crippen LogP contribution is 2.30. The summed E-state index contributed by atoms with van der Waals surface area (Å²) in [4.78, 5) is 22.7. The fourth-order valence-electron chi connectivity index (χ4n) is 2.20. The monoisotopic (exact) mass is 312 g/mol. The zero-order valence-corrected chi connectivity index (χ0v) is 12.5. The number of hydrogen-bond donors (Lipinski definition) is 2. The number of sulfonamides is 1. The third-order valence-corrected chi connectivity index (χ3v) is 4.49. The maximum atomic E-state index is 11.9. The molecule has 0 aliphatic carbocycles. The van der Waals surface area contributed by atoms with Crippen molar-refractivity contribution in [3.8, 4) is 0 Å². The number of nitrogens with zero attached hydrogens (tertiary/aromatic N) is 1. The number of carboxylic acids is 1. The second-order valence-electron chi connectivity index (χ2n) is 4.96. The first-order valence-electron chi connectivity index (χ1n) is 6.34. The van der Waals surface area contributed by atoms with Crippen LogP contribution < -0.4 is 9.62 Å². The van der Waals surface area contributed by atoms with Gasteiger partial charge in [0.25, 0.3) is 5.91 Å². The standard InChI is InChI=1S/C13H16N2O5S/c1-8(13(17)18)14-12(16)10-3-4-11-9(7-10)5-6-15(11)21(2,19)20/h3-4,7-8H,5-6H2,1-2H3,(H,14,16)(H,17,18)/t8-/m1/s1. The summed E-state index contributed by atoms with van der Waals surface area (Å²) >= 11 is 0. The zero-order chi connectivity index (χ0) is 15.8. The van der Waals surface area contributed by atoms with Gasteiger partial charge < -0.3 is 10.4 Å². The molecule has 2 rings (SSSR count). The number of carboxylic acid groups (broad SMARTS) is 1. The van der Waals surface area contributed by atoms with Crippen LogP contribution in [0.15, 0.2) is 18.2 Å². The van der Waals surface area contributed by atoms with E-state index in [9.17, 15) is 18.0 Å². The Hall–Kier alpha value is -2.09. The highest BCUT2D eigenvalue weighted by molar-refractivity contribution is 7.92.